The Labute approximate surface area is 298 Å². The van der Waals surface area contributed by atoms with Crippen molar-refractivity contribution in [3.63, 3.8) is 0 Å². The van der Waals surface area contributed by atoms with E-state index >= 15 is 0 Å². The zero-order valence-corrected chi connectivity index (χ0v) is 33.4. The first-order valence-corrected chi connectivity index (χ1v) is 21.5. The van der Waals surface area contributed by atoms with Crippen LogP contribution in [-0.2, 0) is 4.79 Å². The summed E-state index contributed by atoms with van der Waals surface area (Å²) in [5.41, 5.74) is 1.27. The first-order chi connectivity index (χ1) is 22.6. The first kappa shape index (κ1) is 38.6. The van der Waals surface area contributed by atoms with Gasteiger partial charge in [0.05, 0.1) is 0 Å². The van der Waals surface area contributed by atoms with Crippen LogP contribution in [0.25, 0.3) is 0 Å². The summed E-state index contributed by atoms with van der Waals surface area (Å²) >= 11 is 0. The molecule has 2 nitrogen and oxygen atoms in total. The highest BCUT2D eigenvalue weighted by Crippen LogP contribution is 2.78. The van der Waals surface area contributed by atoms with Crippen LogP contribution in [0.1, 0.15) is 209 Å². The smallest absolute Gasteiger partial charge is 0.164 e. The zero-order chi connectivity index (χ0) is 35.0. The lowest BCUT2D eigenvalue weighted by molar-refractivity contribution is -0.260. The molecule has 2 heteroatoms. The van der Waals surface area contributed by atoms with Crippen molar-refractivity contribution in [2.45, 2.75) is 215 Å². The summed E-state index contributed by atoms with van der Waals surface area (Å²) in [5, 5.41) is 12.4. The normalized spacial score (nSPS) is 43.1. The van der Waals surface area contributed by atoms with E-state index < -0.39 is 5.60 Å². The molecular weight excluding hydrogens is 585 g/mol. The molecule has 0 spiro atoms. The number of fused-ring (bicyclic) bond motifs is 7. The summed E-state index contributed by atoms with van der Waals surface area (Å²) < 4.78 is 0. The Morgan fingerprint density at radius 3 is 1.81 bits per heavy atom. The van der Waals surface area contributed by atoms with E-state index in [2.05, 4.69) is 62.0 Å². The molecule has 0 bridgehead atoms. The second-order valence-electron chi connectivity index (χ2n) is 20.3. The van der Waals surface area contributed by atoms with Crippen LogP contribution in [-0.4, -0.2) is 16.5 Å². The van der Waals surface area contributed by atoms with Crippen LogP contribution in [0.15, 0.2) is 12.2 Å². The Morgan fingerprint density at radius 1 is 0.646 bits per heavy atom. The molecule has 0 radical (unpaired) electrons. The molecule has 0 unspecified atom stereocenters. The number of allylic oxidation sites excluding steroid dienone is 1. The SMILES string of the molecule is C=C(C)[C@@H]1CC[C@]2(C)CC[C@]3(C)[C@H](CC[C@@H]4[C@@]5(C)CC[C@@](O)(C(=O)CCCCCCCCCCCCCCC)C(C)(C)[C@@H]5CC[C@]43C)[C@@H]12. The van der Waals surface area contributed by atoms with Gasteiger partial charge in [0.2, 0.25) is 0 Å². The number of carbonyl (C=O) groups excluding carboxylic acids is 1. The lowest BCUT2D eigenvalue weighted by Gasteiger charge is -2.73. The molecular formula is C46H80O2. The molecule has 0 aliphatic heterocycles. The standard InChI is InChI=1S/C46H80O2/c1-10-11-12-13-14-15-16-17-18-19-20-21-22-23-39(47)46(48)33-31-43(7)37(41(46,4)5)27-29-45(9)38(43)25-24-36-40-35(34(2)3)26-28-42(40,6)30-32-44(36,45)8/h35-38,40,48H,2,10-33H2,1,3-9H3/t35-,36+,37-,38+,40+,42+,43-,44+,45+,46+/m0/s1. The molecule has 5 saturated carbocycles. The molecule has 0 aromatic carbocycles. The van der Waals surface area contributed by atoms with Gasteiger partial charge >= 0.3 is 0 Å². The largest absolute Gasteiger partial charge is 0.382 e. The van der Waals surface area contributed by atoms with Crippen molar-refractivity contribution in [2.75, 3.05) is 0 Å². The highest BCUT2D eigenvalue weighted by molar-refractivity contribution is 5.88. The van der Waals surface area contributed by atoms with Crippen LogP contribution in [0.5, 0.6) is 0 Å². The molecule has 5 aliphatic carbocycles. The van der Waals surface area contributed by atoms with E-state index in [4.69, 9.17) is 0 Å². The van der Waals surface area contributed by atoms with Crippen molar-refractivity contribution in [3.8, 4) is 0 Å². The number of hydrogen-bond donors (Lipinski definition) is 1. The molecule has 5 rings (SSSR count). The fourth-order valence-electron chi connectivity index (χ4n) is 14.5. The number of rotatable bonds is 16. The Hall–Kier alpha value is -0.630. The molecule has 1 N–H and O–H groups in total. The second-order valence-corrected chi connectivity index (χ2v) is 20.3. The van der Waals surface area contributed by atoms with E-state index in [0.29, 0.717) is 46.8 Å². The Morgan fingerprint density at radius 2 is 1.23 bits per heavy atom. The number of unbranched alkanes of at least 4 members (excludes halogenated alkanes) is 12. The highest BCUT2D eigenvalue weighted by Gasteiger charge is 2.72. The third-order valence-electron chi connectivity index (χ3n) is 17.7. The fraction of sp³-hybridized carbons (Fsp3) is 0.935. The van der Waals surface area contributed by atoms with Gasteiger partial charge in [0.25, 0.3) is 0 Å². The third kappa shape index (κ3) is 6.48. The Bertz CT molecular complexity index is 1120. The van der Waals surface area contributed by atoms with Gasteiger partial charge in [-0.15, -0.1) is 0 Å². The summed E-state index contributed by atoms with van der Waals surface area (Å²) in [5.74, 6) is 3.54. The van der Waals surface area contributed by atoms with Crippen LogP contribution >= 0.6 is 0 Å². The quantitative estimate of drug-likeness (QED) is 0.132. The Kier molecular flexibility index (Phi) is 11.9. The number of carbonyl (C=O) groups is 1. The molecule has 0 saturated heterocycles. The number of aliphatic hydroxyl groups is 1. The molecule has 48 heavy (non-hydrogen) atoms. The molecule has 0 amide bonds. The number of hydrogen-bond acceptors (Lipinski definition) is 2. The van der Waals surface area contributed by atoms with Gasteiger partial charge in [-0.05, 0) is 129 Å². The minimum Gasteiger partial charge on any atom is -0.382 e. The molecule has 0 heterocycles. The van der Waals surface area contributed by atoms with Crippen LogP contribution < -0.4 is 0 Å². The number of ketones is 1. The summed E-state index contributed by atoms with van der Waals surface area (Å²) in [6, 6.07) is 0. The van der Waals surface area contributed by atoms with E-state index in [9.17, 15) is 9.90 Å². The molecule has 0 aromatic rings. The van der Waals surface area contributed by atoms with Crippen molar-refractivity contribution in [1.29, 1.82) is 0 Å². The van der Waals surface area contributed by atoms with Crippen molar-refractivity contribution >= 4 is 5.78 Å². The van der Waals surface area contributed by atoms with Crippen molar-refractivity contribution in [3.05, 3.63) is 12.2 Å². The molecule has 5 aliphatic rings. The minimum atomic E-state index is -1.17. The van der Waals surface area contributed by atoms with Gasteiger partial charge in [-0.3, -0.25) is 4.79 Å². The lowest BCUT2D eigenvalue weighted by atomic mass is 9.31. The maximum absolute atomic E-state index is 14.0. The lowest BCUT2D eigenvalue weighted by Crippen LogP contribution is -2.69. The van der Waals surface area contributed by atoms with Gasteiger partial charge in [0, 0.05) is 11.8 Å². The first-order valence-electron chi connectivity index (χ1n) is 21.5. The van der Waals surface area contributed by atoms with Gasteiger partial charge < -0.3 is 5.11 Å². The maximum atomic E-state index is 14.0. The topological polar surface area (TPSA) is 37.3 Å². The Balaban J connectivity index is 1.17. The van der Waals surface area contributed by atoms with Crippen LogP contribution in [0.4, 0.5) is 0 Å². The van der Waals surface area contributed by atoms with Gasteiger partial charge in [0.1, 0.15) is 5.60 Å². The third-order valence-corrected chi connectivity index (χ3v) is 17.7. The maximum Gasteiger partial charge on any atom is 0.164 e. The van der Waals surface area contributed by atoms with Crippen molar-refractivity contribution < 1.29 is 9.90 Å². The van der Waals surface area contributed by atoms with Crippen LogP contribution in [0.3, 0.4) is 0 Å². The summed E-state index contributed by atoms with van der Waals surface area (Å²) in [7, 11) is 0. The molecule has 276 valence electrons. The average molecular weight is 665 g/mol. The predicted molar refractivity (Wildman–Crippen MR) is 205 cm³/mol. The fourth-order valence-corrected chi connectivity index (χ4v) is 14.5. The molecule has 10 atom stereocenters. The minimum absolute atomic E-state index is 0.153. The van der Waals surface area contributed by atoms with E-state index in [0.717, 1.165) is 31.1 Å². The van der Waals surface area contributed by atoms with Gasteiger partial charge in [0.15, 0.2) is 5.78 Å². The van der Waals surface area contributed by atoms with Crippen LogP contribution in [0.2, 0.25) is 0 Å². The van der Waals surface area contributed by atoms with Gasteiger partial charge in [-0.25, -0.2) is 0 Å². The summed E-state index contributed by atoms with van der Waals surface area (Å²) in [6.45, 7) is 24.4. The van der Waals surface area contributed by atoms with E-state index in [1.807, 2.05) is 0 Å². The monoisotopic (exact) mass is 665 g/mol. The molecule has 0 aromatic heterocycles. The van der Waals surface area contributed by atoms with E-state index in [1.165, 1.54) is 128 Å². The molecule has 5 fully saturated rings. The van der Waals surface area contributed by atoms with Gasteiger partial charge in [-0.1, -0.05) is 138 Å². The van der Waals surface area contributed by atoms with Crippen LogP contribution in [0, 0.1) is 56.7 Å². The average Bonchev–Trinajstić information content (AvgIpc) is 3.39. The van der Waals surface area contributed by atoms with E-state index in [1.54, 1.807) is 0 Å². The summed E-state index contributed by atoms with van der Waals surface area (Å²) in [6.07, 6.45) is 30.0. The van der Waals surface area contributed by atoms with Crippen molar-refractivity contribution in [2.24, 2.45) is 56.7 Å². The summed E-state index contributed by atoms with van der Waals surface area (Å²) in [4.78, 5) is 14.0. The number of Topliss-reactive ketones (excluding diaryl/α,β-unsaturated/α-hetero) is 1. The highest BCUT2D eigenvalue weighted by atomic mass is 16.3. The second kappa shape index (κ2) is 14.8. The van der Waals surface area contributed by atoms with Gasteiger partial charge in [-0.2, -0.15) is 0 Å². The predicted octanol–water partition coefficient (Wildman–Crippen LogP) is 13.4. The van der Waals surface area contributed by atoms with E-state index in [-0.39, 0.29) is 16.6 Å². The van der Waals surface area contributed by atoms with Crippen molar-refractivity contribution in [1.82, 2.24) is 0 Å². The zero-order valence-electron chi connectivity index (χ0n) is 33.4.